The van der Waals surface area contributed by atoms with E-state index in [4.69, 9.17) is 4.74 Å². The van der Waals surface area contributed by atoms with Crippen molar-refractivity contribution in [2.45, 2.75) is 31.8 Å². The van der Waals surface area contributed by atoms with Crippen molar-refractivity contribution in [3.63, 3.8) is 0 Å². The van der Waals surface area contributed by atoms with Crippen LogP contribution in [0.3, 0.4) is 0 Å². The van der Waals surface area contributed by atoms with Gasteiger partial charge < -0.3 is 4.74 Å². The van der Waals surface area contributed by atoms with Crippen LogP contribution in [0.1, 0.15) is 31.7 Å². The van der Waals surface area contributed by atoms with Gasteiger partial charge in [-0.15, -0.1) is 0 Å². The SMILES string of the molecule is CCC1(CC=Cc2ccccc2)CCO1. The molecular formula is C14H18O. The molecule has 0 bridgehead atoms. The minimum absolute atomic E-state index is 0.158. The topological polar surface area (TPSA) is 9.23 Å². The second kappa shape index (κ2) is 4.63. The van der Waals surface area contributed by atoms with Crippen LogP contribution in [0.2, 0.25) is 0 Å². The Labute approximate surface area is 91.8 Å². The molecule has 0 radical (unpaired) electrons. The highest BCUT2D eigenvalue weighted by molar-refractivity contribution is 5.48. The number of ether oxygens (including phenoxy) is 1. The Morgan fingerprint density at radius 2 is 2.07 bits per heavy atom. The van der Waals surface area contributed by atoms with E-state index in [1.54, 1.807) is 0 Å². The normalized spacial score (nSPS) is 25.4. The smallest absolute Gasteiger partial charge is 0.0736 e. The van der Waals surface area contributed by atoms with Crippen molar-refractivity contribution in [2.75, 3.05) is 6.61 Å². The highest BCUT2D eigenvalue weighted by atomic mass is 16.5. The largest absolute Gasteiger partial charge is 0.374 e. The van der Waals surface area contributed by atoms with Crippen molar-refractivity contribution < 1.29 is 4.74 Å². The maximum atomic E-state index is 5.65. The summed E-state index contributed by atoms with van der Waals surface area (Å²) in [6.45, 7) is 3.14. The van der Waals surface area contributed by atoms with E-state index in [2.05, 4.69) is 43.3 Å². The zero-order valence-corrected chi connectivity index (χ0v) is 9.28. The Morgan fingerprint density at radius 3 is 2.60 bits per heavy atom. The summed E-state index contributed by atoms with van der Waals surface area (Å²) >= 11 is 0. The predicted molar refractivity (Wildman–Crippen MR) is 63.7 cm³/mol. The van der Waals surface area contributed by atoms with Crippen molar-refractivity contribution in [1.82, 2.24) is 0 Å². The molecule has 0 saturated carbocycles. The highest BCUT2D eigenvalue weighted by Gasteiger charge is 2.34. The van der Waals surface area contributed by atoms with E-state index < -0.39 is 0 Å². The van der Waals surface area contributed by atoms with E-state index in [0.717, 1.165) is 19.4 Å². The van der Waals surface area contributed by atoms with Crippen LogP contribution in [0.15, 0.2) is 36.4 Å². The van der Waals surface area contributed by atoms with Gasteiger partial charge in [0.05, 0.1) is 12.2 Å². The van der Waals surface area contributed by atoms with Crippen molar-refractivity contribution in [1.29, 1.82) is 0 Å². The summed E-state index contributed by atoms with van der Waals surface area (Å²) < 4.78 is 5.65. The first-order chi connectivity index (χ1) is 7.35. The fraction of sp³-hybridized carbons (Fsp3) is 0.429. The van der Waals surface area contributed by atoms with Gasteiger partial charge in [-0.2, -0.15) is 0 Å². The van der Waals surface area contributed by atoms with Gasteiger partial charge in [-0.1, -0.05) is 49.4 Å². The Hall–Kier alpha value is -1.08. The molecule has 0 spiro atoms. The molecular weight excluding hydrogens is 184 g/mol. The summed E-state index contributed by atoms with van der Waals surface area (Å²) in [4.78, 5) is 0. The second-order valence-corrected chi connectivity index (χ2v) is 4.15. The van der Waals surface area contributed by atoms with E-state index in [0.29, 0.717) is 0 Å². The molecule has 1 fully saturated rings. The number of benzene rings is 1. The van der Waals surface area contributed by atoms with Gasteiger partial charge in [-0.25, -0.2) is 0 Å². The van der Waals surface area contributed by atoms with E-state index in [9.17, 15) is 0 Å². The van der Waals surface area contributed by atoms with E-state index in [1.807, 2.05) is 6.07 Å². The fourth-order valence-corrected chi connectivity index (χ4v) is 1.95. The number of rotatable bonds is 4. The molecule has 1 unspecified atom stereocenters. The van der Waals surface area contributed by atoms with Gasteiger partial charge in [0.2, 0.25) is 0 Å². The molecule has 0 aliphatic carbocycles. The monoisotopic (exact) mass is 202 g/mol. The lowest BCUT2D eigenvalue weighted by atomic mass is 9.88. The van der Waals surface area contributed by atoms with Gasteiger partial charge in [0, 0.05) is 6.42 Å². The molecule has 1 heterocycles. The van der Waals surface area contributed by atoms with Gasteiger partial charge in [0.1, 0.15) is 0 Å². The molecule has 1 nitrogen and oxygen atoms in total. The summed E-state index contributed by atoms with van der Waals surface area (Å²) in [6.07, 6.45) is 7.78. The van der Waals surface area contributed by atoms with Gasteiger partial charge in [-0.05, 0) is 18.4 Å². The average Bonchev–Trinajstić information content (AvgIpc) is 2.24. The summed E-state index contributed by atoms with van der Waals surface area (Å²) in [6, 6.07) is 10.4. The van der Waals surface area contributed by atoms with Crippen LogP contribution in [0.5, 0.6) is 0 Å². The number of hydrogen-bond donors (Lipinski definition) is 0. The maximum Gasteiger partial charge on any atom is 0.0736 e. The third kappa shape index (κ3) is 2.48. The van der Waals surface area contributed by atoms with Crippen LogP contribution in [0.4, 0.5) is 0 Å². The van der Waals surface area contributed by atoms with Crippen LogP contribution in [0, 0.1) is 0 Å². The summed E-state index contributed by atoms with van der Waals surface area (Å²) in [5.74, 6) is 0. The fourth-order valence-electron chi connectivity index (χ4n) is 1.95. The third-order valence-corrected chi connectivity index (χ3v) is 3.21. The van der Waals surface area contributed by atoms with Crippen LogP contribution >= 0.6 is 0 Å². The van der Waals surface area contributed by atoms with E-state index in [-0.39, 0.29) is 5.60 Å². The first-order valence-corrected chi connectivity index (χ1v) is 5.70. The first-order valence-electron chi connectivity index (χ1n) is 5.70. The van der Waals surface area contributed by atoms with Crippen molar-refractivity contribution in [3.8, 4) is 0 Å². The molecule has 80 valence electrons. The first kappa shape index (κ1) is 10.4. The maximum absolute atomic E-state index is 5.65. The molecule has 1 saturated heterocycles. The van der Waals surface area contributed by atoms with Gasteiger partial charge >= 0.3 is 0 Å². The lowest BCUT2D eigenvalue weighted by molar-refractivity contribution is -0.146. The molecule has 1 heteroatoms. The number of hydrogen-bond acceptors (Lipinski definition) is 1. The van der Waals surface area contributed by atoms with Gasteiger partial charge in [0.15, 0.2) is 0 Å². The van der Waals surface area contributed by atoms with Crippen LogP contribution in [0.25, 0.3) is 6.08 Å². The van der Waals surface area contributed by atoms with Crippen LogP contribution < -0.4 is 0 Å². The Morgan fingerprint density at radius 1 is 1.33 bits per heavy atom. The molecule has 1 aliphatic rings. The minimum atomic E-state index is 0.158. The lowest BCUT2D eigenvalue weighted by Gasteiger charge is -2.40. The van der Waals surface area contributed by atoms with Crippen molar-refractivity contribution in [3.05, 3.63) is 42.0 Å². The van der Waals surface area contributed by atoms with E-state index in [1.165, 1.54) is 12.0 Å². The predicted octanol–water partition coefficient (Wildman–Crippen LogP) is 3.66. The Kier molecular flexibility index (Phi) is 3.22. The molecule has 15 heavy (non-hydrogen) atoms. The van der Waals surface area contributed by atoms with E-state index >= 15 is 0 Å². The van der Waals surface area contributed by atoms with Crippen LogP contribution in [-0.2, 0) is 4.74 Å². The lowest BCUT2D eigenvalue weighted by Crippen LogP contribution is -2.42. The second-order valence-electron chi connectivity index (χ2n) is 4.15. The minimum Gasteiger partial charge on any atom is -0.374 e. The highest BCUT2D eigenvalue weighted by Crippen LogP contribution is 2.33. The molecule has 2 rings (SSSR count). The molecule has 0 N–H and O–H groups in total. The molecule has 1 aromatic rings. The molecule has 1 aromatic carbocycles. The average molecular weight is 202 g/mol. The standard InChI is InChI=1S/C14H18O/c1-2-14(11-12-15-14)10-6-9-13-7-4-3-5-8-13/h3-9H,2,10-12H2,1H3. The molecule has 0 aromatic heterocycles. The van der Waals surface area contributed by atoms with Crippen molar-refractivity contribution >= 4 is 6.08 Å². The summed E-state index contributed by atoms with van der Waals surface area (Å²) in [5, 5.41) is 0. The van der Waals surface area contributed by atoms with Gasteiger partial charge in [0.25, 0.3) is 0 Å². The molecule has 1 aliphatic heterocycles. The quantitative estimate of drug-likeness (QED) is 0.724. The summed E-state index contributed by atoms with van der Waals surface area (Å²) in [7, 11) is 0. The van der Waals surface area contributed by atoms with Crippen molar-refractivity contribution in [2.24, 2.45) is 0 Å². The third-order valence-electron chi connectivity index (χ3n) is 3.21. The Balaban J connectivity index is 1.90. The van der Waals surface area contributed by atoms with Crippen LogP contribution in [-0.4, -0.2) is 12.2 Å². The molecule has 1 atom stereocenters. The van der Waals surface area contributed by atoms with Gasteiger partial charge in [-0.3, -0.25) is 0 Å². The Bertz CT molecular complexity index is 317. The summed E-state index contributed by atoms with van der Waals surface area (Å²) in [5.41, 5.74) is 1.42. The zero-order valence-electron chi connectivity index (χ0n) is 9.28. The molecule has 0 amide bonds. The zero-order chi connectivity index (χ0) is 10.6.